The zero-order valence-corrected chi connectivity index (χ0v) is 15.1. The highest BCUT2D eigenvalue weighted by Crippen LogP contribution is 2.30. The van der Waals surface area contributed by atoms with Crippen LogP contribution in [-0.2, 0) is 4.79 Å². The molecule has 4 nitrogen and oxygen atoms in total. The standard InChI is InChI=1S/C18H20BrNO3/c1-4-22-15-7-5-14(6-8-15)20-17(21)11-23-18-13(3)9-12(2)10-16(18)19/h5-10H,4,11H2,1-3H3,(H,20,21). The molecule has 0 fully saturated rings. The highest BCUT2D eigenvalue weighted by atomic mass is 79.9. The average Bonchev–Trinajstić information content (AvgIpc) is 2.48. The van der Waals surface area contributed by atoms with Crippen molar-refractivity contribution in [2.24, 2.45) is 0 Å². The predicted molar refractivity (Wildman–Crippen MR) is 95.4 cm³/mol. The lowest BCUT2D eigenvalue weighted by Gasteiger charge is -2.12. The third kappa shape index (κ3) is 4.99. The van der Waals surface area contributed by atoms with E-state index in [-0.39, 0.29) is 12.5 Å². The number of aryl methyl sites for hydroxylation is 2. The topological polar surface area (TPSA) is 47.6 Å². The van der Waals surface area contributed by atoms with E-state index in [1.807, 2.05) is 45.0 Å². The molecule has 0 saturated heterocycles. The third-order valence-electron chi connectivity index (χ3n) is 3.17. The van der Waals surface area contributed by atoms with Crippen molar-refractivity contribution in [1.29, 1.82) is 0 Å². The maximum atomic E-state index is 12.0. The van der Waals surface area contributed by atoms with Crippen molar-refractivity contribution in [3.63, 3.8) is 0 Å². The Morgan fingerprint density at radius 1 is 1.13 bits per heavy atom. The van der Waals surface area contributed by atoms with E-state index in [1.54, 1.807) is 12.1 Å². The van der Waals surface area contributed by atoms with Crippen LogP contribution in [0.25, 0.3) is 0 Å². The second kappa shape index (κ2) is 8.02. The van der Waals surface area contributed by atoms with E-state index in [0.29, 0.717) is 18.0 Å². The van der Waals surface area contributed by atoms with Crippen LogP contribution in [0.2, 0.25) is 0 Å². The van der Waals surface area contributed by atoms with Gasteiger partial charge in [-0.1, -0.05) is 6.07 Å². The van der Waals surface area contributed by atoms with Gasteiger partial charge < -0.3 is 14.8 Å². The molecule has 0 atom stereocenters. The summed E-state index contributed by atoms with van der Waals surface area (Å²) < 4.78 is 11.9. The summed E-state index contributed by atoms with van der Waals surface area (Å²) in [6.45, 7) is 6.47. The molecule has 5 heteroatoms. The van der Waals surface area contributed by atoms with Crippen LogP contribution >= 0.6 is 15.9 Å². The van der Waals surface area contributed by atoms with Crippen molar-refractivity contribution in [1.82, 2.24) is 0 Å². The van der Waals surface area contributed by atoms with Gasteiger partial charge in [0.05, 0.1) is 11.1 Å². The summed E-state index contributed by atoms with van der Waals surface area (Å²) >= 11 is 3.47. The first kappa shape index (κ1) is 17.3. The van der Waals surface area contributed by atoms with E-state index in [9.17, 15) is 4.79 Å². The summed E-state index contributed by atoms with van der Waals surface area (Å²) in [6, 6.07) is 11.2. The van der Waals surface area contributed by atoms with Gasteiger partial charge in [-0.15, -0.1) is 0 Å². The molecular formula is C18H20BrNO3. The highest BCUT2D eigenvalue weighted by Gasteiger charge is 2.09. The van der Waals surface area contributed by atoms with Crippen LogP contribution in [0.15, 0.2) is 40.9 Å². The van der Waals surface area contributed by atoms with Crippen LogP contribution in [0.3, 0.4) is 0 Å². The fourth-order valence-corrected chi connectivity index (χ4v) is 3.01. The minimum Gasteiger partial charge on any atom is -0.494 e. The molecule has 0 aliphatic rings. The lowest BCUT2D eigenvalue weighted by atomic mass is 10.1. The average molecular weight is 378 g/mol. The quantitative estimate of drug-likeness (QED) is 0.806. The van der Waals surface area contributed by atoms with Gasteiger partial charge in [0.2, 0.25) is 0 Å². The Balaban J connectivity index is 1.93. The largest absolute Gasteiger partial charge is 0.494 e. The molecule has 23 heavy (non-hydrogen) atoms. The number of hydrogen-bond donors (Lipinski definition) is 1. The van der Waals surface area contributed by atoms with Gasteiger partial charge >= 0.3 is 0 Å². The summed E-state index contributed by atoms with van der Waals surface area (Å²) in [6.07, 6.45) is 0. The van der Waals surface area contributed by atoms with Gasteiger partial charge in [-0.25, -0.2) is 0 Å². The molecule has 2 aromatic carbocycles. The van der Waals surface area contributed by atoms with Crippen LogP contribution in [0.1, 0.15) is 18.1 Å². The van der Waals surface area contributed by atoms with Gasteiger partial charge in [0.1, 0.15) is 11.5 Å². The van der Waals surface area contributed by atoms with Crippen LogP contribution in [-0.4, -0.2) is 19.1 Å². The van der Waals surface area contributed by atoms with E-state index in [1.165, 1.54) is 0 Å². The van der Waals surface area contributed by atoms with E-state index in [0.717, 1.165) is 21.3 Å². The van der Waals surface area contributed by atoms with Crippen molar-refractivity contribution in [2.75, 3.05) is 18.5 Å². The second-order valence-electron chi connectivity index (χ2n) is 5.19. The molecule has 0 spiro atoms. The molecule has 2 rings (SSSR count). The number of carbonyl (C=O) groups is 1. The van der Waals surface area contributed by atoms with Crippen LogP contribution in [0.4, 0.5) is 5.69 Å². The summed E-state index contributed by atoms with van der Waals surface area (Å²) in [5, 5.41) is 2.80. The monoisotopic (exact) mass is 377 g/mol. The molecule has 0 saturated carbocycles. The van der Waals surface area contributed by atoms with Crippen molar-refractivity contribution in [2.45, 2.75) is 20.8 Å². The van der Waals surface area contributed by atoms with Gasteiger partial charge in [0, 0.05) is 5.69 Å². The first-order valence-electron chi connectivity index (χ1n) is 7.42. The summed E-state index contributed by atoms with van der Waals surface area (Å²) in [5.41, 5.74) is 2.84. The van der Waals surface area contributed by atoms with Gasteiger partial charge in [-0.05, 0) is 78.2 Å². The third-order valence-corrected chi connectivity index (χ3v) is 3.76. The Labute approximate surface area is 144 Å². The number of ether oxygens (including phenoxy) is 2. The molecular weight excluding hydrogens is 358 g/mol. The van der Waals surface area contributed by atoms with Crippen molar-refractivity contribution >= 4 is 27.5 Å². The summed E-state index contributed by atoms with van der Waals surface area (Å²) in [7, 11) is 0. The first-order valence-corrected chi connectivity index (χ1v) is 8.21. The minimum absolute atomic E-state index is 0.0459. The minimum atomic E-state index is -0.207. The Morgan fingerprint density at radius 2 is 1.83 bits per heavy atom. The highest BCUT2D eigenvalue weighted by molar-refractivity contribution is 9.10. The molecule has 1 N–H and O–H groups in total. The summed E-state index contributed by atoms with van der Waals surface area (Å²) in [5.74, 6) is 1.26. The van der Waals surface area contributed by atoms with E-state index in [2.05, 4.69) is 21.2 Å². The van der Waals surface area contributed by atoms with Crippen molar-refractivity contribution < 1.29 is 14.3 Å². The van der Waals surface area contributed by atoms with Crippen molar-refractivity contribution in [3.8, 4) is 11.5 Å². The molecule has 2 aromatic rings. The number of amides is 1. The molecule has 1 amide bonds. The second-order valence-corrected chi connectivity index (χ2v) is 6.04. The number of nitrogens with one attached hydrogen (secondary N) is 1. The van der Waals surface area contributed by atoms with Gasteiger partial charge in [0.25, 0.3) is 5.91 Å². The fourth-order valence-electron chi connectivity index (χ4n) is 2.22. The Morgan fingerprint density at radius 3 is 2.43 bits per heavy atom. The number of benzene rings is 2. The molecule has 122 valence electrons. The Kier molecular flexibility index (Phi) is 6.04. The fraction of sp³-hybridized carbons (Fsp3) is 0.278. The number of hydrogen-bond acceptors (Lipinski definition) is 3. The maximum Gasteiger partial charge on any atom is 0.262 e. The lowest BCUT2D eigenvalue weighted by molar-refractivity contribution is -0.118. The number of halogens is 1. The number of rotatable bonds is 6. The molecule has 0 aromatic heterocycles. The maximum absolute atomic E-state index is 12.0. The zero-order chi connectivity index (χ0) is 16.8. The predicted octanol–water partition coefficient (Wildman–Crippen LogP) is 4.48. The molecule has 0 bridgehead atoms. The normalized spacial score (nSPS) is 10.3. The SMILES string of the molecule is CCOc1ccc(NC(=O)COc2c(C)cc(C)cc2Br)cc1. The number of anilines is 1. The van der Waals surface area contributed by atoms with E-state index < -0.39 is 0 Å². The summed E-state index contributed by atoms with van der Waals surface area (Å²) in [4.78, 5) is 12.0. The first-order chi connectivity index (χ1) is 11.0. The Bertz CT molecular complexity index is 660. The van der Waals surface area contributed by atoms with Crippen molar-refractivity contribution in [3.05, 3.63) is 52.0 Å². The molecule has 0 radical (unpaired) electrons. The zero-order valence-electron chi connectivity index (χ0n) is 13.5. The lowest BCUT2D eigenvalue weighted by Crippen LogP contribution is -2.20. The smallest absolute Gasteiger partial charge is 0.262 e. The number of carbonyl (C=O) groups excluding carboxylic acids is 1. The molecule has 0 aliphatic heterocycles. The van der Waals surface area contributed by atoms with Crippen LogP contribution < -0.4 is 14.8 Å². The van der Waals surface area contributed by atoms with Crippen LogP contribution in [0.5, 0.6) is 11.5 Å². The van der Waals surface area contributed by atoms with E-state index in [4.69, 9.17) is 9.47 Å². The van der Waals surface area contributed by atoms with E-state index >= 15 is 0 Å². The molecule has 0 aliphatic carbocycles. The van der Waals surface area contributed by atoms with Gasteiger partial charge in [0.15, 0.2) is 6.61 Å². The molecule has 0 unspecified atom stereocenters. The van der Waals surface area contributed by atoms with Crippen LogP contribution in [0, 0.1) is 13.8 Å². The molecule has 0 heterocycles. The Hall–Kier alpha value is -2.01. The van der Waals surface area contributed by atoms with Gasteiger partial charge in [-0.3, -0.25) is 4.79 Å². The van der Waals surface area contributed by atoms with Gasteiger partial charge in [-0.2, -0.15) is 0 Å².